The molecule has 0 bridgehead atoms. The molecule has 10 rings (SSSR count). The molecule has 8 heterocycles. The summed E-state index contributed by atoms with van der Waals surface area (Å²) in [7, 11) is 6.60. The van der Waals surface area contributed by atoms with Gasteiger partial charge >= 0.3 is 62.8 Å². The first-order valence-corrected chi connectivity index (χ1v) is 29.3. The van der Waals surface area contributed by atoms with Crippen LogP contribution in [0.1, 0.15) is 74.8 Å². The summed E-state index contributed by atoms with van der Waals surface area (Å²) in [5.41, 5.74) is 11.2. The van der Waals surface area contributed by atoms with Crippen LogP contribution >= 0.6 is 48.9 Å². The Labute approximate surface area is 621 Å². The topological polar surface area (TPSA) is 378 Å². The van der Waals surface area contributed by atoms with E-state index in [9.17, 15) is 19.2 Å². The molecule has 0 radical (unpaired) electrons. The van der Waals surface area contributed by atoms with Crippen molar-refractivity contribution in [2.24, 2.45) is 0 Å². The molecule has 0 saturated heterocycles. The summed E-state index contributed by atoms with van der Waals surface area (Å²) in [5, 5.41) is 69.3. The number of carbonyl (C=O) groups is 4. The molecule has 0 amide bonds. The van der Waals surface area contributed by atoms with Crippen molar-refractivity contribution in [2.75, 3.05) is 28.4 Å². The second-order valence-electron chi connectivity index (χ2n) is 18.6. The predicted molar refractivity (Wildman–Crippen MR) is 388 cm³/mol. The molecule has 0 unspecified atom stereocenters. The van der Waals surface area contributed by atoms with Gasteiger partial charge in [0.1, 0.15) is 23.0 Å². The van der Waals surface area contributed by atoms with Gasteiger partial charge in [-0.05, 0) is 170 Å². The molecule has 0 aliphatic rings. The quantitative estimate of drug-likeness (QED) is 0.0396. The number of pyridine rings is 8. The summed E-state index contributed by atoms with van der Waals surface area (Å²) < 4.78 is 21.6. The fourth-order valence-electron chi connectivity index (χ4n) is 7.86. The first-order valence-electron chi connectivity index (χ1n) is 27.6. The second kappa shape index (κ2) is 48.4. The minimum atomic E-state index is -1.08. The van der Waals surface area contributed by atoms with Crippen molar-refractivity contribution in [1.29, 1.82) is 0 Å². The Morgan fingerprint density at radius 3 is 0.800 bits per heavy atom. The van der Waals surface area contributed by atoms with E-state index in [1.54, 1.807) is 40.8 Å². The second-order valence-corrected chi connectivity index (χ2v) is 19.3. The number of ether oxygens (including phenoxy) is 4. The van der Waals surface area contributed by atoms with Gasteiger partial charge in [-0.15, -0.1) is 0 Å². The summed E-state index contributed by atoms with van der Waals surface area (Å²) in [6.07, 6.45) is 20.6. The molecule has 0 aliphatic heterocycles. The molecule has 2 aromatic carbocycles. The van der Waals surface area contributed by atoms with Gasteiger partial charge in [-0.3, -0.25) is 39.9 Å². The molecule has 508 valence electrons. The van der Waals surface area contributed by atoms with Gasteiger partial charge in [0.05, 0.1) is 96.2 Å². The van der Waals surface area contributed by atoms with Gasteiger partial charge in [0.15, 0.2) is 0 Å². The average Bonchev–Trinajstić information content (AvgIpc) is 0.856. The number of carboxylic acid groups (broad SMARTS) is 4. The van der Waals surface area contributed by atoms with Crippen LogP contribution in [0.25, 0.3) is 91.5 Å². The number of benzene rings is 2. The smallest absolute Gasteiger partial charge is 0.753 e. The van der Waals surface area contributed by atoms with Crippen LogP contribution in [-0.4, -0.2) is 133 Å². The standard InChI is InChI=1S/C30H28N2O4.2C12H8N2O4.C12H12N2.4CNS.2Ru/c1-33-25-9-11-29(35-3)23(19-25)7-5-21-13-15-31-27(17-21)28-18-22(14-16-32-28)6-8-24-20-26(34-2)10-12-30(24)36-4;2*15-11(16)7-1-3-13-9(5-7)10-6-8(12(17)18)2-4-14-10;1-9-3-5-13-11(7-9)12-8-10(2)4-6-14-12;4*2-1-3;;/h5-20H,1-4H3;2*1-6H,(H,15,16)(H,17,18);3-8H,1-2H3;;;;;;/q;;;;4*-1;2*+2/b7-5+,8-6+;;;;;;;;;. The molecule has 8 aromatic heterocycles. The van der Waals surface area contributed by atoms with Crippen LogP contribution in [0.2, 0.25) is 0 Å². The van der Waals surface area contributed by atoms with Crippen LogP contribution in [0.5, 0.6) is 23.0 Å². The number of nitrogens with zero attached hydrogens (tertiary/aromatic N) is 12. The van der Waals surface area contributed by atoms with Crippen LogP contribution in [-0.2, 0) is 39.0 Å². The van der Waals surface area contributed by atoms with Crippen LogP contribution in [0.3, 0.4) is 0 Å². The van der Waals surface area contributed by atoms with Crippen molar-refractivity contribution in [3.05, 3.63) is 260 Å². The van der Waals surface area contributed by atoms with Crippen molar-refractivity contribution >= 4 is 118 Å². The van der Waals surface area contributed by atoms with E-state index >= 15 is 0 Å². The number of rotatable bonds is 16. The Balaban J connectivity index is 0.000000665. The molecule has 0 fully saturated rings. The molecule has 100 heavy (non-hydrogen) atoms. The van der Waals surface area contributed by atoms with Crippen LogP contribution in [0, 0.1) is 13.8 Å². The number of aromatic nitrogens is 8. The maximum atomic E-state index is 10.8. The number of methoxy groups -OCH3 is 4. The molecule has 0 atom stereocenters. The van der Waals surface area contributed by atoms with Gasteiger partial charge in [0.2, 0.25) is 0 Å². The van der Waals surface area contributed by atoms with Gasteiger partial charge in [-0.25, -0.2) is 19.2 Å². The first kappa shape index (κ1) is 86.7. The van der Waals surface area contributed by atoms with Gasteiger partial charge < -0.3 is 61.0 Å². The van der Waals surface area contributed by atoms with Crippen molar-refractivity contribution in [1.82, 2.24) is 39.9 Å². The van der Waals surface area contributed by atoms with E-state index in [4.69, 9.17) is 61.0 Å². The van der Waals surface area contributed by atoms with E-state index in [0.717, 1.165) is 68.0 Å². The Morgan fingerprint density at radius 1 is 0.340 bits per heavy atom. The van der Waals surface area contributed by atoms with E-state index < -0.39 is 23.9 Å². The van der Waals surface area contributed by atoms with Crippen molar-refractivity contribution < 1.29 is 97.5 Å². The van der Waals surface area contributed by atoms with E-state index in [0.29, 0.717) is 22.8 Å². The van der Waals surface area contributed by atoms with E-state index in [2.05, 4.69) is 103 Å². The number of carboxylic acids is 4. The number of aryl methyl sites for hydroxylation is 2. The van der Waals surface area contributed by atoms with E-state index in [-0.39, 0.29) is 61.2 Å². The molecular weight excluding hydrogens is 1530 g/mol. The Morgan fingerprint density at radius 2 is 0.570 bits per heavy atom. The summed E-state index contributed by atoms with van der Waals surface area (Å²) in [4.78, 5) is 76.8. The monoisotopic (exact) mass is 1590 g/mol. The maximum absolute atomic E-state index is 10.8. The minimum absolute atomic E-state index is 0. The largest absolute Gasteiger partial charge is 2.00 e. The number of isothiocyanates is 4. The molecule has 0 aliphatic carbocycles. The van der Waals surface area contributed by atoms with Crippen LogP contribution < -0.4 is 18.9 Å². The summed E-state index contributed by atoms with van der Waals surface area (Å²) in [6, 6.07) is 38.2. The number of hydrogen-bond donors (Lipinski definition) is 4. The molecule has 0 spiro atoms. The predicted octanol–water partition coefficient (Wildman–Crippen LogP) is 15.0. The van der Waals surface area contributed by atoms with Gasteiger partial charge in [0.25, 0.3) is 0 Å². The van der Waals surface area contributed by atoms with Crippen molar-refractivity contribution in [3.8, 4) is 68.5 Å². The van der Waals surface area contributed by atoms with Gasteiger partial charge in [0, 0.05) is 60.7 Å². The van der Waals surface area contributed by atoms with Gasteiger partial charge in [-0.1, -0.05) is 73.2 Å². The maximum Gasteiger partial charge on any atom is 2.00 e. The average molecular weight is 1590 g/mol. The fourth-order valence-corrected chi connectivity index (χ4v) is 7.86. The Hall–Kier alpha value is -11.4. The normalized spacial score (nSPS) is 9.34. The molecule has 0 saturated carbocycles. The Bertz CT molecular complexity index is 4150. The molecule has 24 nitrogen and oxygen atoms in total. The first-order chi connectivity index (χ1) is 47.2. The summed E-state index contributed by atoms with van der Waals surface area (Å²) in [5.74, 6) is -1.22. The Kier molecular flexibility index (Phi) is 41.9. The molecule has 4 N–H and O–H groups in total. The third-order valence-corrected chi connectivity index (χ3v) is 12.3. The number of hydrogen-bond acceptors (Lipinski definition) is 20. The minimum Gasteiger partial charge on any atom is -0.753 e. The zero-order chi connectivity index (χ0) is 72.4. The van der Waals surface area contributed by atoms with Crippen LogP contribution in [0.4, 0.5) is 0 Å². The molecular formula is C70H56N12O12Ru2S4. The van der Waals surface area contributed by atoms with Gasteiger partial charge in [-0.2, -0.15) is 20.6 Å². The van der Waals surface area contributed by atoms with Crippen LogP contribution in [0.15, 0.2) is 183 Å². The zero-order valence-corrected chi connectivity index (χ0v) is 60.1. The molecule has 30 heteroatoms. The summed E-state index contributed by atoms with van der Waals surface area (Å²) in [6.45, 7) is 4.11. The van der Waals surface area contributed by atoms with E-state index in [1.165, 1.54) is 105 Å². The third kappa shape index (κ3) is 30.4. The third-order valence-electron chi connectivity index (χ3n) is 12.3. The zero-order valence-electron chi connectivity index (χ0n) is 53.4. The SMILES string of the molecule is COc1ccc(OC)c(/C=C/c2ccnc(-c3cc(/C=C/c4cc(OC)ccc4OC)ccn3)c2)c1.Cc1ccnc(-c2cc(C)ccn2)c1.O=C(O)c1ccnc(-c2cc(C(=O)O)ccn2)c1.O=C(O)c1ccnc(-c2cc(C(=O)O)ccn2)c1.[N-]=C=S.[N-]=C=S.[N-]=C=S.[N-]=C=S.[Ru+2].[Ru+2]. The fraction of sp³-hybridized carbons (Fsp3) is 0.0857. The summed E-state index contributed by atoms with van der Waals surface area (Å²) >= 11 is 14.8. The number of aromatic carboxylic acids is 4. The number of thiocarbonyl (C=S) groups is 4. The molecule has 10 aromatic rings. The van der Waals surface area contributed by atoms with Crippen molar-refractivity contribution in [3.63, 3.8) is 0 Å². The van der Waals surface area contributed by atoms with E-state index in [1.807, 2.05) is 122 Å². The van der Waals surface area contributed by atoms with Crippen molar-refractivity contribution in [2.45, 2.75) is 13.8 Å².